The number of azo groups is 1. The Morgan fingerprint density at radius 1 is 1.00 bits per heavy atom. The van der Waals surface area contributed by atoms with Gasteiger partial charge in [0.15, 0.2) is 5.69 Å². The number of aryl methyl sites for hydroxylation is 2. The highest BCUT2D eigenvalue weighted by atomic mass is 16.3. The number of H-pyrrole nitrogens is 1. The van der Waals surface area contributed by atoms with Gasteiger partial charge in [0.25, 0.3) is 5.95 Å². The highest BCUT2D eigenvalue weighted by Crippen LogP contribution is 2.38. The van der Waals surface area contributed by atoms with Crippen LogP contribution >= 0.6 is 0 Å². The second-order valence-corrected chi connectivity index (χ2v) is 5.80. The van der Waals surface area contributed by atoms with Gasteiger partial charge in [0.05, 0.1) is 5.52 Å². The largest absolute Gasteiger partial charge is 0.493 e. The monoisotopic (exact) mass is 354 g/mol. The van der Waals surface area contributed by atoms with E-state index in [4.69, 9.17) is 0 Å². The van der Waals surface area contributed by atoms with Crippen molar-refractivity contribution >= 4 is 34.4 Å². The van der Waals surface area contributed by atoms with Crippen molar-refractivity contribution in [3.8, 4) is 5.88 Å². The third-order valence-electron chi connectivity index (χ3n) is 3.99. The second kappa shape index (κ2) is 7.34. The molecule has 0 radical (unpaired) electrons. The first-order valence-corrected chi connectivity index (χ1v) is 8.49. The summed E-state index contributed by atoms with van der Waals surface area (Å²) in [6.07, 6.45) is 0. The van der Waals surface area contributed by atoms with E-state index < -0.39 is 0 Å². The van der Waals surface area contributed by atoms with Gasteiger partial charge in [0, 0.05) is 18.5 Å². The van der Waals surface area contributed by atoms with Gasteiger partial charge in [-0.15, -0.1) is 10.2 Å². The highest BCUT2D eigenvalue weighted by molar-refractivity contribution is 5.96. The molecular formula is C17H22N8O. The Hall–Kier alpha value is -3.23. The van der Waals surface area contributed by atoms with Crippen LogP contribution in [0.2, 0.25) is 0 Å². The van der Waals surface area contributed by atoms with Gasteiger partial charge >= 0.3 is 0 Å². The summed E-state index contributed by atoms with van der Waals surface area (Å²) in [5.74, 6) is 0.957. The lowest BCUT2D eigenvalue weighted by molar-refractivity contribution is 0.459. The molecule has 0 aliphatic carbocycles. The minimum Gasteiger partial charge on any atom is -0.493 e. The third kappa shape index (κ3) is 3.41. The fraction of sp³-hybridized carbons (Fsp3) is 0.353. The van der Waals surface area contributed by atoms with Gasteiger partial charge < -0.3 is 20.7 Å². The van der Waals surface area contributed by atoms with Crippen LogP contribution < -0.4 is 10.6 Å². The first kappa shape index (κ1) is 17.6. The molecule has 2 aromatic heterocycles. The number of hydrogen-bond donors (Lipinski definition) is 4. The summed E-state index contributed by atoms with van der Waals surface area (Å²) in [5, 5.41) is 25.4. The van der Waals surface area contributed by atoms with Gasteiger partial charge in [-0.25, -0.2) is 0 Å². The van der Waals surface area contributed by atoms with Crippen LogP contribution in [-0.4, -0.2) is 38.1 Å². The van der Waals surface area contributed by atoms with E-state index in [1.165, 1.54) is 0 Å². The molecule has 0 saturated carbocycles. The molecule has 3 aromatic rings. The maximum atomic E-state index is 10.2. The quantitative estimate of drug-likeness (QED) is 0.497. The lowest BCUT2D eigenvalue weighted by Crippen LogP contribution is -2.08. The smallest absolute Gasteiger partial charge is 0.275 e. The highest BCUT2D eigenvalue weighted by Gasteiger charge is 2.13. The van der Waals surface area contributed by atoms with E-state index in [0.717, 1.165) is 22.0 Å². The van der Waals surface area contributed by atoms with Crippen LogP contribution in [0.3, 0.4) is 0 Å². The van der Waals surface area contributed by atoms with Crippen molar-refractivity contribution in [1.29, 1.82) is 0 Å². The predicted octanol–water partition coefficient (Wildman–Crippen LogP) is 3.95. The molecule has 0 unspecified atom stereocenters. The molecular weight excluding hydrogens is 332 g/mol. The van der Waals surface area contributed by atoms with Crippen molar-refractivity contribution in [3.63, 3.8) is 0 Å². The molecule has 136 valence electrons. The Balaban J connectivity index is 2.01. The van der Waals surface area contributed by atoms with Crippen molar-refractivity contribution in [1.82, 2.24) is 19.9 Å². The maximum Gasteiger partial charge on any atom is 0.275 e. The molecule has 1 aromatic carbocycles. The average molecular weight is 354 g/mol. The number of aromatic hydroxyl groups is 1. The van der Waals surface area contributed by atoms with Crippen LogP contribution in [0.5, 0.6) is 5.88 Å². The van der Waals surface area contributed by atoms with Crippen LogP contribution in [0.25, 0.3) is 10.9 Å². The molecule has 9 heteroatoms. The Bertz CT molecular complexity index is 939. The summed E-state index contributed by atoms with van der Waals surface area (Å²) in [6.45, 7) is 9.26. The van der Waals surface area contributed by atoms with E-state index >= 15 is 0 Å². The summed E-state index contributed by atoms with van der Waals surface area (Å²) < 4.78 is 0. The lowest BCUT2D eigenvalue weighted by Gasteiger charge is -2.05. The van der Waals surface area contributed by atoms with Crippen LogP contribution in [0.15, 0.2) is 22.4 Å². The first-order valence-electron chi connectivity index (χ1n) is 8.49. The fourth-order valence-electron chi connectivity index (χ4n) is 2.56. The summed E-state index contributed by atoms with van der Waals surface area (Å²) in [6, 6.07) is 3.89. The van der Waals surface area contributed by atoms with Gasteiger partial charge in [0.2, 0.25) is 17.8 Å². The van der Waals surface area contributed by atoms with Gasteiger partial charge in [-0.3, -0.25) is 0 Å². The summed E-state index contributed by atoms with van der Waals surface area (Å²) >= 11 is 0. The number of benzene rings is 1. The van der Waals surface area contributed by atoms with E-state index in [-0.39, 0.29) is 11.8 Å². The number of nitrogens with one attached hydrogen (secondary N) is 3. The van der Waals surface area contributed by atoms with E-state index in [1.54, 1.807) is 0 Å². The molecule has 0 bridgehead atoms. The summed E-state index contributed by atoms with van der Waals surface area (Å²) in [7, 11) is 0. The molecule has 0 fully saturated rings. The minimum absolute atomic E-state index is 0.0367. The summed E-state index contributed by atoms with van der Waals surface area (Å²) in [4.78, 5) is 15.6. The lowest BCUT2D eigenvalue weighted by atomic mass is 10.1. The van der Waals surface area contributed by atoms with Gasteiger partial charge in [-0.05, 0) is 38.8 Å². The minimum atomic E-state index is -0.0367. The topological polar surface area (TPSA) is 123 Å². The van der Waals surface area contributed by atoms with E-state index in [1.807, 2.05) is 39.8 Å². The number of aromatic nitrogens is 4. The zero-order valence-corrected chi connectivity index (χ0v) is 15.3. The molecule has 0 saturated heterocycles. The van der Waals surface area contributed by atoms with Crippen molar-refractivity contribution in [2.24, 2.45) is 10.2 Å². The van der Waals surface area contributed by atoms with Gasteiger partial charge in [0.1, 0.15) is 0 Å². The number of rotatable bonds is 6. The first-order chi connectivity index (χ1) is 12.5. The molecule has 0 spiro atoms. The van der Waals surface area contributed by atoms with Crippen molar-refractivity contribution in [2.45, 2.75) is 27.7 Å². The van der Waals surface area contributed by atoms with Gasteiger partial charge in [-0.2, -0.15) is 15.0 Å². The average Bonchev–Trinajstić information content (AvgIpc) is 2.93. The van der Waals surface area contributed by atoms with Crippen molar-refractivity contribution in [2.75, 3.05) is 23.7 Å². The summed E-state index contributed by atoms with van der Waals surface area (Å²) in [5.41, 5.74) is 3.39. The SMILES string of the molecule is CCNc1nc(N=Nc2c(O)[nH]c3c(C)c(C)ccc23)nc(NCC)n1. The van der Waals surface area contributed by atoms with Gasteiger partial charge in [-0.1, -0.05) is 12.1 Å². The number of hydrogen-bond acceptors (Lipinski definition) is 8. The Kier molecular flexibility index (Phi) is 4.97. The zero-order valence-electron chi connectivity index (χ0n) is 15.3. The normalized spacial score (nSPS) is 11.4. The number of aromatic amines is 1. The molecule has 26 heavy (non-hydrogen) atoms. The van der Waals surface area contributed by atoms with Crippen LogP contribution in [0, 0.1) is 13.8 Å². The Morgan fingerprint density at radius 2 is 1.65 bits per heavy atom. The molecule has 2 heterocycles. The molecule has 3 rings (SSSR count). The number of nitrogens with zero attached hydrogens (tertiary/aromatic N) is 5. The molecule has 9 nitrogen and oxygen atoms in total. The van der Waals surface area contributed by atoms with Crippen molar-refractivity contribution < 1.29 is 5.11 Å². The fourth-order valence-corrected chi connectivity index (χ4v) is 2.56. The number of fused-ring (bicyclic) bond motifs is 1. The van der Waals surface area contributed by atoms with E-state index in [2.05, 4.69) is 40.8 Å². The molecule has 0 aliphatic rings. The standard InChI is InChI=1S/C17H22N8O/c1-5-18-15-21-16(19-6-2)23-17(22-15)25-24-13-11-8-7-9(3)10(4)12(11)20-14(13)26/h7-8,20,26H,5-6H2,1-4H3,(H2,18,19,21,22,23). The third-order valence-corrected chi connectivity index (χ3v) is 3.99. The van der Waals surface area contributed by atoms with Crippen LogP contribution in [0.1, 0.15) is 25.0 Å². The molecule has 0 amide bonds. The second-order valence-electron chi connectivity index (χ2n) is 5.80. The molecule has 4 N–H and O–H groups in total. The Morgan fingerprint density at radius 3 is 2.27 bits per heavy atom. The molecule has 0 aliphatic heterocycles. The van der Waals surface area contributed by atoms with E-state index in [0.29, 0.717) is 30.7 Å². The van der Waals surface area contributed by atoms with E-state index in [9.17, 15) is 5.11 Å². The molecule has 0 atom stereocenters. The maximum absolute atomic E-state index is 10.2. The zero-order chi connectivity index (χ0) is 18.7. The van der Waals surface area contributed by atoms with Crippen LogP contribution in [0.4, 0.5) is 23.5 Å². The number of anilines is 2. The van der Waals surface area contributed by atoms with Crippen LogP contribution in [-0.2, 0) is 0 Å². The van der Waals surface area contributed by atoms with Crippen molar-refractivity contribution in [3.05, 3.63) is 23.3 Å². The predicted molar refractivity (Wildman–Crippen MR) is 102 cm³/mol. The Labute approximate surface area is 151 Å².